The van der Waals surface area contributed by atoms with E-state index in [1.807, 2.05) is 18.2 Å². The summed E-state index contributed by atoms with van der Waals surface area (Å²) in [6.07, 6.45) is 4.13. The number of aryl methyl sites for hydroxylation is 3. The first kappa shape index (κ1) is 15.5. The highest BCUT2D eigenvalue weighted by Crippen LogP contribution is 2.42. The Morgan fingerprint density at radius 3 is 2.43 bits per heavy atom. The fourth-order valence-electron chi connectivity index (χ4n) is 4.43. The van der Waals surface area contributed by atoms with E-state index in [4.69, 9.17) is 8.83 Å². The van der Waals surface area contributed by atoms with Gasteiger partial charge in [-0.15, -0.1) is 0 Å². The zero-order valence-electron chi connectivity index (χ0n) is 16.0. The molecule has 0 N–H and O–H groups in total. The van der Waals surface area contributed by atoms with Crippen LogP contribution in [0.15, 0.2) is 69.8 Å². The van der Waals surface area contributed by atoms with E-state index in [9.17, 15) is 0 Å². The number of imidazole rings is 1. The number of para-hydroxylation sites is 1. The lowest BCUT2D eigenvalue weighted by Gasteiger charge is -2.04. The van der Waals surface area contributed by atoms with Gasteiger partial charge in [0.2, 0.25) is 0 Å². The highest BCUT2D eigenvalue weighted by atomic mass is 16.3. The molecule has 0 radical (unpaired) electrons. The van der Waals surface area contributed by atoms with Crippen molar-refractivity contribution in [1.29, 1.82) is 0 Å². The SMILES string of the molecule is Cc1ccc2c(oc3ccc4c5ccccc5oc4c32)c1-c1n(C)cc[n+]1C. The van der Waals surface area contributed by atoms with Crippen LogP contribution in [0.5, 0.6) is 0 Å². The van der Waals surface area contributed by atoms with Gasteiger partial charge in [0, 0.05) is 16.2 Å². The van der Waals surface area contributed by atoms with Gasteiger partial charge in [-0.05, 0) is 30.7 Å². The number of rotatable bonds is 1. The Morgan fingerprint density at radius 2 is 1.61 bits per heavy atom. The van der Waals surface area contributed by atoms with Crippen molar-refractivity contribution in [3.63, 3.8) is 0 Å². The lowest BCUT2D eigenvalue weighted by atomic mass is 10.0. The van der Waals surface area contributed by atoms with Gasteiger partial charge in [-0.1, -0.05) is 30.3 Å². The highest BCUT2D eigenvalue weighted by molar-refractivity contribution is 6.23. The number of aromatic nitrogens is 2. The molecule has 0 aliphatic heterocycles. The quantitative estimate of drug-likeness (QED) is 0.353. The van der Waals surface area contributed by atoms with Gasteiger partial charge in [-0.3, -0.25) is 0 Å². The Balaban J connectivity index is 1.82. The standard InChI is InChI=1S/C24H19N2O2/c1-14-8-9-17-21-19(28-23(17)20(14)24-25(2)12-13-26(24)3)11-10-16-15-6-4-5-7-18(15)27-22(16)21/h4-13H,1-3H3/q+1. The summed E-state index contributed by atoms with van der Waals surface area (Å²) in [5, 5.41) is 4.38. The van der Waals surface area contributed by atoms with Crippen LogP contribution in [0.2, 0.25) is 0 Å². The molecule has 0 aliphatic rings. The second kappa shape index (κ2) is 5.26. The predicted octanol–water partition coefficient (Wildman–Crippen LogP) is 5.62. The average Bonchev–Trinajstić information content (AvgIpc) is 3.35. The fraction of sp³-hybridized carbons (Fsp3) is 0.125. The zero-order valence-corrected chi connectivity index (χ0v) is 16.0. The molecule has 3 aromatic carbocycles. The molecule has 4 nitrogen and oxygen atoms in total. The van der Waals surface area contributed by atoms with Crippen LogP contribution in [-0.4, -0.2) is 4.57 Å². The van der Waals surface area contributed by atoms with Crippen LogP contribution in [0, 0.1) is 6.92 Å². The highest BCUT2D eigenvalue weighted by Gasteiger charge is 2.25. The summed E-state index contributed by atoms with van der Waals surface area (Å²) in [6.45, 7) is 2.13. The van der Waals surface area contributed by atoms with E-state index in [1.165, 1.54) is 5.56 Å². The molecule has 0 aliphatic carbocycles. The van der Waals surface area contributed by atoms with Crippen molar-refractivity contribution in [2.75, 3.05) is 0 Å². The van der Waals surface area contributed by atoms with Crippen LogP contribution in [0.25, 0.3) is 55.3 Å². The van der Waals surface area contributed by atoms with Crippen LogP contribution >= 0.6 is 0 Å². The molecule has 0 spiro atoms. The van der Waals surface area contributed by atoms with Crippen molar-refractivity contribution in [3.05, 3.63) is 66.5 Å². The van der Waals surface area contributed by atoms with Crippen molar-refractivity contribution in [2.45, 2.75) is 6.92 Å². The number of furan rings is 2. The van der Waals surface area contributed by atoms with Crippen LogP contribution < -0.4 is 4.57 Å². The summed E-state index contributed by atoms with van der Waals surface area (Å²) >= 11 is 0. The minimum atomic E-state index is 0.852. The molecule has 0 atom stereocenters. The molecule has 0 bridgehead atoms. The Hall–Kier alpha value is -3.53. The van der Waals surface area contributed by atoms with E-state index in [0.717, 1.165) is 55.3 Å². The first-order chi connectivity index (χ1) is 13.6. The van der Waals surface area contributed by atoms with E-state index in [-0.39, 0.29) is 0 Å². The summed E-state index contributed by atoms with van der Waals surface area (Å²) in [5.74, 6) is 1.11. The van der Waals surface area contributed by atoms with Crippen molar-refractivity contribution < 1.29 is 13.4 Å². The second-order valence-corrected chi connectivity index (χ2v) is 7.49. The van der Waals surface area contributed by atoms with Gasteiger partial charge >= 0.3 is 0 Å². The molecule has 0 saturated heterocycles. The predicted molar refractivity (Wildman–Crippen MR) is 111 cm³/mol. The number of nitrogens with zero attached hydrogens (tertiary/aromatic N) is 2. The molecule has 136 valence electrons. The molecule has 28 heavy (non-hydrogen) atoms. The third kappa shape index (κ3) is 1.87. The van der Waals surface area contributed by atoms with Gasteiger partial charge in [0.15, 0.2) is 5.58 Å². The number of fused-ring (bicyclic) bond motifs is 7. The molecular weight excluding hydrogens is 348 g/mol. The lowest BCUT2D eigenvalue weighted by Crippen LogP contribution is -2.29. The van der Waals surface area contributed by atoms with Gasteiger partial charge < -0.3 is 8.83 Å². The van der Waals surface area contributed by atoms with E-state index in [1.54, 1.807) is 0 Å². The lowest BCUT2D eigenvalue weighted by molar-refractivity contribution is -0.659. The summed E-state index contributed by atoms with van der Waals surface area (Å²) in [7, 11) is 4.13. The Kier molecular flexibility index (Phi) is 2.91. The second-order valence-electron chi connectivity index (χ2n) is 7.49. The Morgan fingerprint density at radius 1 is 0.821 bits per heavy atom. The molecule has 3 heterocycles. The number of hydrogen-bond acceptors (Lipinski definition) is 2. The topological polar surface area (TPSA) is 35.1 Å². The van der Waals surface area contributed by atoms with E-state index in [2.05, 4.69) is 72.9 Å². The van der Waals surface area contributed by atoms with Gasteiger partial charge in [-0.2, -0.15) is 0 Å². The molecule has 6 rings (SSSR count). The summed E-state index contributed by atoms with van der Waals surface area (Å²) < 4.78 is 16.9. The largest absolute Gasteiger partial charge is 0.455 e. The third-order valence-electron chi connectivity index (χ3n) is 5.76. The third-order valence-corrected chi connectivity index (χ3v) is 5.76. The van der Waals surface area contributed by atoms with E-state index >= 15 is 0 Å². The molecule has 4 heteroatoms. The molecule has 3 aromatic heterocycles. The fourth-order valence-corrected chi connectivity index (χ4v) is 4.43. The maximum atomic E-state index is 6.42. The van der Waals surface area contributed by atoms with Crippen molar-refractivity contribution >= 4 is 43.9 Å². The summed E-state index contributed by atoms with van der Waals surface area (Å²) in [6, 6.07) is 16.7. The monoisotopic (exact) mass is 367 g/mol. The Labute approximate surface area is 161 Å². The molecule has 0 fully saturated rings. The maximum Gasteiger partial charge on any atom is 0.292 e. The summed E-state index contributed by atoms with van der Waals surface area (Å²) in [4.78, 5) is 0. The van der Waals surface area contributed by atoms with Gasteiger partial charge in [-0.25, -0.2) is 9.13 Å². The van der Waals surface area contributed by atoms with Crippen molar-refractivity contribution in [1.82, 2.24) is 4.57 Å². The molecule has 0 saturated carbocycles. The van der Waals surface area contributed by atoms with Crippen LogP contribution in [0.3, 0.4) is 0 Å². The number of benzene rings is 3. The van der Waals surface area contributed by atoms with Gasteiger partial charge in [0.1, 0.15) is 34.7 Å². The van der Waals surface area contributed by atoms with E-state index in [0.29, 0.717) is 0 Å². The number of hydrogen-bond donors (Lipinski definition) is 0. The normalized spacial score (nSPS) is 12.1. The average molecular weight is 367 g/mol. The van der Waals surface area contributed by atoms with Crippen LogP contribution in [0.4, 0.5) is 0 Å². The zero-order chi connectivity index (χ0) is 19.0. The summed E-state index contributed by atoms with van der Waals surface area (Å²) in [5.41, 5.74) is 5.85. The molecule has 0 amide bonds. The molecular formula is C24H19N2O2+. The van der Waals surface area contributed by atoms with Gasteiger partial charge in [0.25, 0.3) is 5.82 Å². The minimum Gasteiger partial charge on any atom is -0.455 e. The first-order valence-corrected chi connectivity index (χ1v) is 9.41. The van der Waals surface area contributed by atoms with Crippen molar-refractivity contribution in [3.8, 4) is 11.4 Å². The molecule has 0 unspecified atom stereocenters. The minimum absolute atomic E-state index is 0.852. The van der Waals surface area contributed by atoms with Crippen LogP contribution in [0.1, 0.15) is 5.56 Å². The maximum absolute atomic E-state index is 6.42. The van der Waals surface area contributed by atoms with Gasteiger partial charge in [0.05, 0.1) is 19.5 Å². The molecule has 6 aromatic rings. The Bertz CT molecular complexity index is 1530. The van der Waals surface area contributed by atoms with Crippen molar-refractivity contribution in [2.24, 2.45) is 14.1 Å². The first-order valence-electron chi connectivity index (χ1n) is 9.41. The smallest absolute Gasteiger partial charge is 0.292 e. The van der Waals surface area contributed by atoms with E-state index < -0.39 is 0 Å². The van der Waals surface area contributed by atoms with Crippen LogP contribution in [-0.2, 0) is 14.1 Å².